The summed E-state index contributed by atoms with van der Waals surface area (Å²) in [5.74, 6) is -1.52. The second-order valence-corrected chi connectivity index (χ2v) is 6.65. The molecular formula is C17H32O4. The second kappa shape index (κ2) is 9.80. The lowest BCUT2D eigenvalue weighted by atomic mass is 9.88. The van der Waals surface area contributed by atoms with Crippen LogP contribution in [0.15, 0.2) is 0 Å². The molecule has 2 atom stereocenters. The highest BCUT2D eigenvalue weighted by Gasteiger charge is 2.33. The van der Waals surface area contributed by atoms with Gasteiger partial charge in [-0.2, -0.15) is 0 Å². The SMILES string of the molecule is CCCCCCCC(C(=O)OC)C(C)C(=O)OC(C)(C)C. The van der Waals surface area contributed by atoms with Crippen molar-refractivity contribution in [3.05, 3.63) is 0 Å². The van der Waals surface area contributed by atoms with Gasteiger partial charge in [-0.05, 0) is 27.2 Å². The zero-order chi connectivity index (χ0) is 16.5. The number of hydrogen-bond acceptors (Lipinski definition) is 4. The van der Waals surface area contributed by atoms with Crippen LogP contribution in [0.2, 0.25) is 0 Å². The van der Waals surface area contributed by atoms with E-state index in [1.165, 1.54) is 26.4 Å². The number of rotatable bonds is 9. The van der Waals surface area contributed by atoms with E-state index in [2.05, 4.69) is 6.92 Å². The molecule has 2 unspecified atom stereocenters. The average Bonchev–Trinajstić information content (AvgIpc) is 2.39. The first-order chi connectivity index (χ1) is 9.72. The summed E-state index contributed by atoms with van der Waals surface area (Å²) in [4.78, 5) is 24.0. The number of carbonyl (C=O) groups is 2. The Morgan fingerprint density at radius 1 is 1.00 bits per heavy atom. The molecular weight excluding hydrogens is 268 g/mol. The largest absolute Gasteiger partial charge is 0.469 e. The third-order valence-corrected chi connectivity index (χ3v) is 3.50. The maximum Gasteiger partial charge on any atom is 0.310 e. The Labute approximate surface area is 129 Å². The zero-order valence-corrected chi connectivity index (χ0v) is 14.5. The van der Waals surface area contributed by atoms with Crippen molar-refractivity contribution in [3.63, 3.8) is 0 Å². The van der Waals surface area contributed by atoms with Crippen LogP contribution in [0.25, 0.3) is 0 Å². The Bertz CT molecular complexity index is 317. The summed E-state index contributed by atoms with van der Waals surface area (Å²) in [6, 6.07) is 0. The maximum atomic E-state index is 12.1. The van der Waals surface area contributed by atoms with Crippen LogP contribution in [0.1, 0.15) is 73.1 Å². The van der Waals surface area contributed by atoms with Crippen molar-refractivity contribution in [2.75, 3.05) is 7.11 Å². The molecule has 21 heavy (non-hydrogen) atoms. The van der Waals surface area contributed by atoms with Gasteiger partial charge >= 0.3 is 11.9 Å². The molecule has 0 amide bonds. The van der Waals surface area contributed by atoms with E-state index in [9.17, 15) is 9.59 Å². The zero-order valence-electron chi connectivity index (χ0n) is 14.5. The van der Waals surface area contributed by atoms with Crippen LogP contribution < -0.4 is 0 Å². The van der Waals surface area contributed by atoms with Crippen molar-refractivity contribution >= 4 is 11.9 Å². The molecule has 0 bridgehead atoms. The second-order valence-electron chi connectivity index (χ2n) is 6.65. The van der Waals surface area contributed by atoms with Crippen LogP contribution in [0.5, 0.6) is 0 Å². The summed E-state index contributed by atoms with van der Waals surface area (Å²) in [6.45, 7) is 9.41. The minimum Gasteiger partial charge on any atom is -0.469 e. The molecule has 0 fully saturated rings. The molecule has 0 spiro atoms. The molecule has 124 valence electrons. The molecule has 0 aliphatic rings. The van der Waals surface area contributed by atoms with Gasteiger partial charge in [0.05, 0.1) is 18.9 Å². The first kappa shape index (κ1) is 19.9. The van der Waals surface area contributed by atoms with Crippen LogP contribution in [0, 0.1) is 11.8 Å². The van der Waals surface area contributed by atoms with Gasteiger partial charge < -0.3 is 9.47 Å². The minimum absolute atomic E-state index is 0.316. The topological polar surface area (TPSA) is 52.6 Å². The third-order valence-electron chi connectivity index (χ3n) is 3.50. The van der Waals surface area contributed by atoms with Crippen LogP contribution in [-0.4, -0.2) is 24.6 Å². The standard InChI is InChI=1S/C17H32O4/c1-7-8-9-10-11-12-14(16(19)20-6)13(2)15(18)21-17(3,4)5/h13-14H,7-12H2,1-6H3. The van der Waals surface area contributed by atoms with Crippen molar-refractivity contribution in [1.82, 2.24) is 0 Å². The van der Waals surface area contributed by atoms with Gasteiger partial charge in [0.1, 0.15) is 5.60 Å². The van der Waals surface area contributed by atoms with Crippen LogP contribution >= 0.6 is 0 Å². The highest BCUT2D eigenvalue weighted by Crippen LogP contribution is 2.24. The van der Waals surface area contributed by atoms with E-state index in [1.54, 1.807) is 6.92 Å². The smallest absolute Gasteiger partial charge is 0.310 e. The van der Waals surface area contributed by atoms with Gasteiger partial charge in [0.25, 0.3) is 0 Å². The fraction of sp³-hybridized carbons (Fsp3) is 0.882. The molecule has 0 aliphatic carbocycles. The van der Waals surface area contributed by atoms with E-state index in [0.29, 0.717) is 6.42 Å². The van der Waals surface area contributed by atoms with E-state index >= 15 is 0 Å². The average molecular weight is 300 g/mol. The molecule has 0 aromatic carbocycles. The quantitative estimate of drug-likeness (QED) is 0.475. The van der Waals surface area contributed by atoms with Crippen LogP contribution in [0.4, 0.5) is 0 Å². The molecule has 4 heteroatoms. The van der Waals surface area contributed by atoms with Gasteiger partial charge in [-0.15, -0.1) is 0 Å². The van der Waals surface area contributed by atoms with Crippen LogP contribution in [0.3, 0.4) is 0 Å². The van der Waals surface area contributed by atoms with E-state index in [1.807, 2.05) is 20.8 Å². The molecule has 0 heterocycles. The van der Waals surface area contributed by atoms with Gasteiger partial charge in [-0.3, -0.25) is 9.59 Å². The number of methoxy groups -OCH3 is 1. The van der Waals surface area contributed by atoms with Crippen molar-refractivity contribution < 1.29 is 19.1 Å². The van der Waals surface area contributed by atoms with Crippen LogP contribution in [-0.2, 0) is 19.1 Å². The number of esters is 2. The Balaban J connectivity index is 4.52. The lowest BCUT2D eigenvalue weighted by molar-refractivity contribution is -0.166. The minimum atomic E-state index is -0.535. The maximum absolute atomic E-state index is 12.1. The summed E-state index contributed by atoms with van der Waals surface area (Å²) in [6.07, 6.45) is 6.27. The Morgan fingerprint density at radius 3 is 2.05 bits per heavy atom. The van der Waals surface area contributed by atoms with E-state index < -0.39 is 17.4 Å². The summed E-state index contributed by atoms with van der Waals surface area (Å²) in [7, 11) is 1.37. The predicted molar refractivity (Wildman–Crippen MR) is 83.9 cm³/mol. The van der Waals surface area contributed by atoms with Crippen molar-refractivity contribution in [1.29, 1.82) is 0 Å². The fourth-order valence-electron chi connectivity index (χ4n) is 2.25. The highest BCUT2D eigenvalue weighted by atomic mass is 16.6. The predicted octanol–water partition coefficient (Wildman–Crippen LogP) is 4.11. The summed E-state index contributed by atoms with van der Waals surface area (Å²) in [5, 5.41) is 0. The molecule has 0 rings (SSSR count). The molecule has 4 nitrogen and oxygen atoms in total. The lowest BCUT2D eigenvalue weighted by Gasteiger charge is -2.25. The van der Waals surface area contributed by atoms with Gasteiger partial charge in [-0.1, -0.05) is 46.0 Å². The van der Waals surface area contributed by atoms with Crippen molar-refractivity contribution in [3.8, 4) is 0 Å². The molecule has 0 saturated carbocycles. The number of unbranched alkanes of at least 4 members (excludes halogenated alkanes) is 4. The molecule has 0 aliphatic heterocycles. The summed E-state index contributed by atoms with van der Waals surface area (Å²) in [5.41, 5.74) is -0.535. The Morgan fingerprint density at radius 2 is 1.57 bits per heavy atom. The van der Waals surface area contributed by atoms with Crippen molar-refractivity contribution in [2.45, 2.75) is 78.7 Å². The number of ether oxygens (including phenoxy) is 2. The first-order valence-electron chi connectivity index (χ1n) is 8.03. The fourth-order valence-corrected chi connectivity index (χ4v) is 2.25. The summed E-state index contributed by atoms with van der Waals surface area (Å²) < 4.78 is 10.2. The molecule has 0 radical (unpaired) electrons. The van der Waals surface area contributed by atoms with Gasteiger partial charge in [0.15, 0.2) is 0 Å². The molecule has 0 aromatic rings. The van der Waals surface area contributed by atoms with Gasteiger partial charge in [0.2, 0.25) is 0 Å². The van der Waals surface area contributed by atoms with E-state index in [0.717, 1.165) is 12.8 Å². The third kappa shape index (κ3) is 8.74. The van der Waals surface area contributed by atoms with E-state index in [4.69, 9.17) is 9.47 Å². The Kier molecular flexibility index (Phi) is 9.31. The normalized spacial score (nSPS) is 14.4. The molecule has 0 aromatic heterocycles. The highest BCUT2D eigenvalue weighted by molar-refractivity contribution is 5.81. The van der Waals surface area contributed by atoms with Crippen molar-refractivity contribution in [2.24, 2.45) is 11.8 Å². The van der Waals surface area contributed by atoms with Gasteiger partial charge in [-0.25, -0.2) is 0 Å². The Hall–Kier alpha value is -1.06. The first-order valence-corrected chi connectivity index (χ1v) is 8.03. The molecule has 0 N–H and O–H groups in total. The van der Waals surface area contributed by atoms with E-state index in [-0.39, 0.29) is 11.9 Å². The summed E-state index contributed by atoms with van der Waals surface area (Å²) >= 11 is 0. The van der Waals surface area contributed by atoms with Gasteiger partial charge in [0, 0.05) is 0 Å². The number of hydrogen-bond donors (Lipinski definition) is 0. The molecule has 0 saturated heterocycles. The number of carbonyl (C=O) groups excluding carboxylic acids is 2. The monoisotopic (exact) mass is 300 g/mol. The lowest BCUT2D eigenvalue weighted by Crippen LogP contribution is -2.34.